The van der Waals surface area contributed by atoms with Gasteiger partial charge in [-0.05, 0) is 64.2 Å². The Kier molecular flexibility index (Phi) is 7.16. The summed E-state index contributed by atoms with van der Waals surface area (Å²) in [6.07, 6.45) is 7.63. The molecular formula is C26H32O5. The Labute approximate surface area is 184 Å². The largest absolute Gasteiger partial charge is 0.508 e. The summed E-state index contributed by atoms with van der Waals surface area (Å²) in [4.78, 5) is 0. The van der Waals surface area contributed by atoms with Gasteiger partial charge in [-0.25, -0.2) is 0 Å². The summed E-state index contributed by atoms with van der Waals surface area (Å²) in [6, 6.07) is 6.97. The monoisotopic (exact) mass is 424 g/mol. The van der Waals surface area contributed by atoms with Gasteiger partial charge in [0, 0.05) is 17.0 Å². The van der Waals surface area contributed by atoms with E-state index in [0.717, 1.165) is 29.7 Å². The van der Waals surface area contributed by atoms with Crippen molar-refractivity contribution in [3.05, 3.63) is 64.3 Å². The molecule has 1 aliphatic heterocycles. The Morgan fingerprint density at radius 3 is 2.55 bits per heavy atom. The highest BCUT2D eigenvalue weighted by Crippen LogP contribution is 2.45. The Morgan fingerprint density at radius 1 is 1.06 bits per heavy atom. The minimum atomic E-state index is -0.258. The second kappa shape index (κ2) is 9.82. The van der Waals surface area contributed by atoms with Gasteiger partial charge in [-0.2, -0.15) is 0 Å². The van der Waals surface area contributed by atoms with Gasteiger partial charge in [0.15, 0.2) is 11.5 Å². The normalized spacial score (nSPS) is 15.7. The van der Waals surface area contributed by atoms with Crippen LogP contribution in [0.3, 0.4) is 0 Å². The summed E-state index contributed by atoms with van der Waals surface area (Å²) in [5, 5.41) is 31.0. The maximum atomic E-state index is 10.4. The van der Waals surface area contributed by atoms with E-state index in [1.54, 1.807) is 18.2 Å². The molecule has 166 valence electrons. The molecular weight excluding hydrogens is 392 g/mol. The number of allylic oxidation sites excluding steroid dienone is 4. The van der Waals surface area contributed by atoms with Gasteiger partial charge in [-0.1, -0.05) is 35.4 Å². The van der Waals surface area contributed by atoms with E-state index < -0.39 is 0 Å². The second-order valence-corrected chi connectivity index (χ2v) is 8.39. The average molecular weight is 425 g/mol. The van der Waals surface area contributed by atoms with Crippen LogP contribution in [-0.4, -0.2) is 29.0 Å². The molecule has 1 atom stereocenters. The molecule has 0 bridgehead atoms. The van der Waals surface area contributed by atoms with E-state index >= 15 is 0 Å². The summed E-state index contributed by atoms with van der Waals surface area (Å²) >= 11 is 0. The lowest BCUT2D eigenvalue weighted by atomic mass is 9.88. The molecule has 0 saturated carbocycles. The van der Waals surface area contributed by atoms with Gasteiger partial charge in [0.05, 0.1) is 13.7 Å². The minimum absolute atomic E-state index is 0.108. The van der Waals surface area contributed by atoms with Gasteiger partial charge in [0.2, 0.25) is 5.75 Å². The predicted octanol–water partition coefficient (Wildman–Crippen LogP) is 5.77. The quantitative estimate of drug-likeness (QED) is 0.389. The lowest BCUT2D eigenvalue weighted by Gasteiger charge is -2.28. The molecule has 1 heterocycles. The molecule has 0 unspecified atom stereocenters. The summed E-state index contributed by atoms with van der Waals surface area (Å²) < 4.78 is 11.1. The number of aromatic hydroxyl groups is 3. The zero-order valence-corrected chi connectivity index (χ0v) is 18.7. The first-order valence-electron chi connectivity index (χ1n) is 10.7. The summed E-state index contributed by atoms with van der Waals surface area (Å²) in [5.74, 6) is 0.647. The van der Waals surface area contributed by atoms with Crippen LogP contribution in [-0.2, 0) is 12.8 Å². The molecule has 5 heteroatoms. The molecule has 3 rings (SSSR count). The molecule has 2 aromatic carbocycles. The van der Waals surface area contributed by atoms with E-state index in [1.807, 2.05) is 6.07 Å². The number of methoxy groups -OCH3 is 1. The van der Waals surface area contributed by atoms with Crippen molar-refractivity contribution in [1.82, 2.24) is 0 Å². The van der Waals surface area contributed by atoms with Gasteiger partial charge in [-0.3, -0.25) is 0 Å². The second-order valence-electron chi connectivity index (χ2n) is 8.39. The number of fused-ring (bicyclic) bond motifs is 1. The molecule has 5 nitrogen and oxygen atoms in total. The zero-order valence-electron chi connectivity index (χ0n) is 18.7. The van der Waals surface area contributed by atoms with Crippen molar-refractivity contribution >= 4 is 0 Å². The number of hydrogen-bond donors (Lipinski definition) is 3. The maximum absolute atomic E-state index is 10.4. The molecule has 0 spiro atoms. The zero-order chi connectivity index (χ0) is 22.5. The van der Waals surface area contributed by atoms with E-state index in [9.17, 15) is 15.3 Å². The van der Waals surface area contributed by atoms with Crippen LogP contribution in [0.15, 0.2) is 47.6 Å². The lowest BCUT2D eigenvalue weighted by molar-refractivity contribution is 0.254. The Hall–Kier alpha value is -3.08. The van der Waals surface area contributed by atoms with E-state index in [2.05, 4.69) is 32.9 Å². The summed E-state index contributed by atoms with van der Waals surface area (Å²) in [6.45, 7) is 6.67. The highest BCUT2D eigenvalue weighted by Gasteiger charge is 2.28. The van der Waals surface area contributed by atoms with Crippen molar-refractivity contribution in [3.63, 3.8) is 0 Å². The van der Waals surface area contributed by atoms with Crippen molar-refractivity contribution < 1.29 is 24.8 Å². The van der Waals surface area contributed by atoms with Gasteiger partial charge >= 0.3 is 0 Å². The van der Waals surface area contributed by atoms with Crippen LogP contribution in [0.5, 0.6) is 28.7 Å². The number of rotatable bonds is 7. The topological polar surface area (TPSA) is 79.2 Å². The first-order valence-corrected chi connectivity index (χ1v) is 10.7. The summed E-state index contributed by atoms with van der Waals surface area (Å²) in [7, 11) is 1.44. The predicted molar refractivity (Wildman–Crippen MR) is 122 cm³/mol. The molecule has 0 amide bonds. The fourth-order valence-electron chi connectivity index (χ4n) is 3.95. The Morgan fingerprint density at radius 2 is 1.84 bits per heavy atom. The Bertz CT molecular complexity index is 999. The highest BCUT2D eigenvalue weighted by molar-refractivity contribution is 5.57. The fraction of sp³-hybridized carbons (Fsp3) is 0.385. The maximum Gasteiger partial charge on any atom is 0.200 e. The molecule has 1 aliphatic rings. The van der Waals surface area contributed by atoms with Crippen LogP contribution in [0.25, 0.3) is 0 Å². The lowest BCUT2D eigenvalue weighted by Crippen LogP contribution is -2.20. The number of phenolic OH excluding ortho intramolecular Hbond substituents is 3. The third kappa shape index (κ3) is 5.16. The van der Waals surface area contributed by atoms with Crippen LogP contribution in [0.1, 0.15) is 56.2 Å². The smallest absolute Gasteiger partial charge is 0.200 e. The first-order chi connectivity index (χ1) is 14.8. The van der Waals surface area contributed by atoms with E-state index in [-0.39, 0.29) is 28.9 Å². The van der Waals surface area contributed by atoms with Crippen molar-refractivity contribution in [1.29, 1.82) is 0 Å². The van der Waals surface area contributed by atoms with Gasteiger partial charge in [0.25, 0.3) is 0 Å². The van der Waals surface area contributed by atoms with Crippen molar-refractivity contribution in [3.8, 4) is 28.7 Å². The standard InChI is InChI=1S/C26H32O5/c1-16(2)6-5-7-17(3)8-10-21-22(27)12-9-18-14-19(15-31-26(18)21)20-11-13-23(30-4)25(29)24(20)28/h6,8-9,11-13,19,27-29H,5,7,10,14-15H2,1-4H3/b17-8+/t19-/m0/s1. The molecule has 0 aliphatic carbocycles. The van der Waals surface area contributed by atoms with E-state index in [0.29, 0.717) is 25.0 Å². The molecule has 31 heavy (non-hydrogen) atoms. The average Bonchev–Trinajstić information content (AvgIpc) is 2.74. The van der Waals surface area contributed by atoms with E-state index in [1.165, 1.54) is 18.3 Å². The van der Waals surface area contributed by atoms with Crippen LogP contribution in [0, 0.1) is 0 Å². The molecule has 0 aromatic heterocycles. The van der Waals surface area contributed by atoms with Gasteiger partial charge in [-0.15, -0.1) is 0 Å². The Balaban J connectivity index is 1.79. The van der Waals surface area contributed by atoms with Crippen LogP contribution >= 0.6 is 0 Å². The van der Waals surface area contributed by atoms with Crippen molar-refractivity contribution in [2.45, 2.75) is 52.4 Å². The molecule has 2 aromatic rings. The summed E-state index contributed by atoms with van der Waals surface area (Å²) in [5.41, 5.74) is 4.99. The van der Waals surface area contributed by atoms with E-state index in [4.69, 9.17) is 9.47 Å². The SMILES string of the molecule is COc1ccc([C@@H]2COc3c(ccc(O)c3C/C=C(\C)CCC=C(C)C)C2)c(O)c1O. The molecule has 3 N–H and O–H groups in total. The first kappa shape index (κ1) is 22.6. The third-order valence-corrected chi connectivity index (χ3v) is 5.76. The van der Waals surface area contributed by atoms with Crippen LogP contribution < -0.4 is 9.47 Å². The number of ether oxygens (including phenoxy) is 2. The molecule has 0 radical (unpaired) electrons. The number of hydrogen-bond acceptors (Lipinski definition) is 5. The number of phenols is 3. The van der Waals surface area contributed by atoms with Crippen molar-refractivity contribution in [2.24, 2.45) is 0 Å². The van der Waals surface area contributed by atoms with Crippen LogP contribution in [0.4, 0.5) is 0 Å². The highest BCUT2D eigenvalue weighted by atomic mass is 16.5. The molecule has 0 saturated heterocycles. The van der Waals surface area contributed by atoms with Crippen molar-refractivity contribution in [2.75, 3.05) is 13.7 Å². The number of benzene rings is 2. The molecule has 0 fully saturated rings. The van der Waals surface area contributed by atoms with Gasteiger partial charge in [0.1, 0.15) is 11.5 Å². The minimum Gasteiger partial charge on any atom is -0.508 e. The third-order valence-electron chi connectivity index (χ3n) is 5.76. The fourth-order valence-corrected chi connectivity index (χ4v) is 3.95. The van der Waals surface area contributed by atoms with Crippen LogP contribution in [0.2, 0.25) is 0 Å². The van der Waals surface area contributed by atoms with Gasteiger partial charge < -0.3 is 24.8 Å².